The van der Waals surface area contributed by atoms with Crippen molar-refractivity contribution in [2.45, 2.75) is 25.7 Å². The third-order valence-corrected chi connectivity index (χ3v) is 1.06. The van der Waals surface area contributed by atoms with E-state index in [0.717, 1.165) is 0 Å². The number of allylic oxidation sites excluding steroid dienone is 2. The number of hydrogen-bond donors (Lipinski definition) is 0. The molecule has 0 aromatic carbocycles. The van der Waals surface area contributed by atoms with E-state index in [9.17, 15) is 0 Å². The molecule has 0 heterocycles. The number of rotatable bonds is 0. The molecule has 0 aromatic heterocycles. The van der Waals surface area contributed by atoms with Crippen LogP contribution in [0, 0.1) is 6.08 Å². The van der Waals surface area contributed by atoms with Gasteiger partial charge in [-0.2, -0.15) is 6.42 Å². The zero-order valence-corrected chi connectivity index (χ0v) is 7.17. The fraction of sp³-hybridized carbons (Fsp3) is 0.667. The molecule has 0 nitrogen and oxygen atoms in total. The molecule has 0 aromatic rings. The molecule has 1 aliphatic carbocycles. The topological polar surface area (TPSA) is 0 Å². The van der Waals surface area contributed by atoms with Crippen LogP contribution in [-0.4, -0.2) is 0 Å². The van der Waals surface area contributed by atoms with Gasteiger partial charge in [0.05, 0.1) is 0 Å². The Hall–Kier alpha value is 0.714. The van der Waals surface area contributed by atoms with Crippen LogP contribution in [0.2, 0.25) is 0 Å². The summed E-state index contributed by atoms with van der Waals surface area (Å²) >= 11 is 6.25. The molecule has 0 spiro atoms. The van der Waals surface area contributed by atoms with E-state index in [4.69, 9.17) is 0 Å². The molecule has 0 amide bonds. The maximum atomic E-state index is 3.69. The molecular formula is C6H9BrNi-. The van der Waals surface area contributed by atoms with Gasteiger partial charge in [0.25, 0.3) is 0 Å². The Morgan fingerprint density at radius 3 is 2.25 bits per heavy atom. The second kappa shape index (κ2) is 7.71. The Bertz CT molecular complexity index is 53.5. The minimum absolute atomic E-state index is 1.19. The van der Waals surface area contributed by atoms with E-state index in [1.165, 1.54) is 25.7 Å². The summed E-state index contributed by atoms with van der Waals surface area (Å²) in [6, 6.07) is 0. The van der Waals surface area contributed by atoms with Crippen LogP contribution in [0.15, 0.2) is 6.08 Å². The standard InChI is InChI=1S/C6H9.BrH.Ni/c1-2-4-6-5-3-1;;/h1H,2,4-6H2;1H;/q-1;;+1/p-1. The van der Waals surface area contributed by atoms with Crippen molar-refractivity contribution in [3.63, 3.8) is 0 Å². The molecule has 0 saturated carbocycles. The van der Waals surface area contributed by atoms with Gasteiger partial charge in [-0.3, -0.25) is 6.08 Å². The predicted molar refractivity (Wildman–Crippen MR) is 35.2 cm³/mol. The van der Waals surface area contributed by atoms with E-state index >= 15 is 0 Å². The third-order valence-electron chi connectivity index (χ3n) is 1.06. The second-order valence-corrected chi connectivity index (χ2v) is 1.65. The normalized spacial score (nSPS) is 16.9. The van der Waals surface area contributed by atoms with Crippen molar-refractivity contribution in [3.05, 3.63) is 12.2 Å². The van der Waals surface area contributed by atoms with Crippen LogP contribution in [0.5, 0.6) is 0 Å². The fourth-order valence-corrected chi connectivity index (χ4v) is 0.678. The van der Waals surface area contributed by atoms with E-state index < -0.39 is 0 Å². The van der Waals surface area contributed by atoms with Crippen LogP contribution in [0.3, 0.4) is 0 Å². The molecule has 51 valence electrons. The summed E-state index contributed by atoms with van der Waals surface area (Å²) in [7, 11) is 0. The first-order chi connectivity index (χ1) is 4.00. The van der Waals surface area contributed by atoms with E-state index in [1.807, 2.05) is 0 Å². The van der Waals surface area contributed by atoms with Gasteiger partial charge in [-0.15, -0.1) is 0 Å². The van der Waals surface area contributed by atoms with Crippen molar-refractivity contribution >= 4 is 14.2 Å². The Kier molecular flexibility index (Phi) is 8.40. The fourth-order valence-electron chi connectivity index (χ4n) is 0.678. The van der Waals surface area contributed by atoms with Crippen LogP contribution in [0.25, 0.3) is 0 Å². The van der Waals surface area contributed by atoms with Gasteiger partial charge in [-0.1, -0.05) is 19.3 Å². The zero-order valence-electron chi connectivity index (χ0n) is 4.60. The third kappa shape index (κ3) is 4.86. The molecule has 0 N–H and O–H groups in total. The van der Waals surface area contributed by atoms with Crippen molar-refractivity contribution in [1.29, 1.82) is 0 Å². The van der Waals surface area contributed by atoms with E-state index in [1.54, 1.807) is 0 Å². The Morgan fingerprint density at radius 1 is 1.38 bits per heavy atom. The Balaban J connectivity index is 0.000000222. The average molecular weight is 220 g/mol. The molecule has 0 fully saturated rings. The predicted octanol–water partition coefficient (Wildman–Crippen LogP) is 2.76. The summed E-state index contributed by atoms with van der Waals surface area (Å²) in [5.41, 5.74) is 0. The molecule has 0 radical (unpaired) electrons. The van der Waals surface area contributed by atoms with Gasteiger partial charge in [-0.25, -0.2) is 0 Å². The van der Waals surface area contributed by atoms with E-state index in [2.05, 4.69) is 40.1 Å². The molecule has 0 atom stereocenters. The van der Waals surface area contributed by atoms with Crippen molar-refractivity contribution in [2.75, 3.05) is 0 Å². The van der Waals surface area contributed by atoms with Crippen molar-refractivity contribution < 1.29 is 13.7 Å². The van der Waals surface area contributed by atoms with Gasteiger partial charge in [-0.05, 0) is 0 Å². The van der Waals surface area contributed by atoms with Gasteiger partial charge in [0.1, 0.15) is 0 Å². The van der Waals surface area contributed by atoms with Crippen LogP contribution in [0.4, 0.5) is 0 Å². The average Bonchev–Trinajstić information content (AvgIpc) is 1.96. The first-order valence-corrected chi connectivity index (χ1v) is 5.11. The van der Waals surface area contributed by atoms with Crippen molar-refractivity contribution in [2.24, 2.45) is 0 Å². The molecule has 2 heteroatoms. The molecule has 1 rings (SSSR count). The molecular weight excluding hydrogens is 211 g/mol. The molecule has 0 bridgehead atoms. The summed E-state index contributed by atoms with van der Waals surface area (Å²) < 4.78 is 0. The SMILES string of the molecule is [C-]1=CCCCC1.[Ni][Br]. The zero-order chi connectivity index (χ0) is 6.24. The van der Waals surface area contributed by atoms with Crippen LogP contribution in [-0.2, 0) is 13.7 Å². The minimum atomic E-state index is 1.19. The van der Waals surface area contributed by atoms with Crippen LogP contribution in [0.1, 0.15) is 25.7 Å². The number of halogens is 1. The molecule has 0 unspecified atom stereocenters. The second-order valence-electron chi connectivity index (χ2n) is 1.65. The summed E-state index contributed by atoms with van der Waals surface area (Å²) in [4.78, 5) is 0. The van der Waals surface area contributed by atoms with Crippen molar-refractivity contribution in [3.8, 4) is 0 Å². The van der Waals surface area contributed by atoms with Gasteiger partial charge in [0.15, 0.2) is 0 Å². The summed E-state index contributed by atoms with van der Waals surface area (Å²) in [5.74, 6) is 0. The van der Waals surface area contributed by atoms with E-state index in [0.29, 0.717) is 0 Å². The summed E-state index contributed by atoms with van der Waals surface area (Å²) in [5, 5.41) is 0. The monoisotopic (exact) mass is 218 g/mol. The van der Waals surface area contributed by atoms with Crippen LogP contribution >= 0.6 is 14.2 Å². The molecule has 1 aliphatic rings. The summed E-state index contributed by atoms with van der Waals surface area (Å²) in [6.07, 6.45) is 10.5. The Morgan fingerprint density at radius 2 is 2.12 bits per heavy atom. The van der Waals surface area contributed by atoms with E-state index in [-0.39, 0.29) is 0 Å². The van der Waals surface area contributed by atoms with Gasteiger partial charge in [0.2, 0.25) is 0 Å². The van der Waals surface area contributed by atoms with Crippen LogP contribution < -0.4 is 0 Å². The van der Waals surface area contributed by atoms with Gasteiger partial charge >= 0.3 is 27.9 Å². The van der Waals surface area contributed by atoms with Crippen molar-refractivity contribution in [1.82, 2.24) is 0 Å². The number of hydrogen-bond acceptors (Lipinski definition) is 0. The summed E-state index contributed by atoms with van der Waals surface area (Å²) in [6.45, 7) is 0. The maximum absolute atomic E-state index is 3.69. The van der Waals surface area contributed by atoms with Gasteiger partial charge in [0, 0.05) is 0 Å². The molecule has 0 aliphatic heterocycles. The first-order valence-electron chi connectivity index (χ1n) is 2.67. The Labute approximate surface area is 65.9 Å². The first kappa shape index (κ1) is 8.71. The van der Waals surface area contributed by atoms with Gasteiger partial charge < -0.3 is 6.08 Å². The molecule has 0 saturated heterocycles. The quantitative estimate of drug-likeness (QED) is 0.434. The molecule has 8 heavy (non-hydrogen) atoms.